The van der Waals surface area contributed by atoms with Crippen molar-refractivity contribution in [3.63, 3.8) is 0 Å². The maximum absolute atomic E-state index is 2.34. The van der Waals surface area contributed by atoms with Gasteiger partial charge >= 0.3 is 26.2 Å². The minimum atomic E-state index is 0. The van der Waals surface area contributed by atoms with E-state index in [4.69, 9.17) is 0 Å². The third-order valence-electron chi connectivity index (χ3n) is 8.60. The van der Waals surface area contributed by atoms with Crippen molar-refractivity contribution in [2.45, 2.75) is 39.8 Å². The van der Waals surface area contributed by atoms with E-state index in [2.05, 4.69) is 173 Å². The van der Waals surface area contributed by atoms with E-state index in [0.717, 1.165) is 22.4 Å². The minimum absolute atomic E-state index is 0. The molecule has 2 radical (unpaired) electrons. The van der Waals surface area contributed by atoms with Gasteiger partial charge in [0.15, 0.2) is 0 Å². The van der Waals surface area contributed by atoms with Crippen LogP contribution in [0.1, 0.15) is 25.0 Å². The van der Waals surface area contributed by atoms with Crippen LogP contribution in [0.4, 0.5) is 0 Å². The van der Waals surface area contributed by atoms with E-state index in [-0.39, 0.29) is 41.1 Å². The number of rotatable bonds is 4. The zero-order chi connectivity index (χ0) is 31.2. The van der Waals surface area contributed by atoms with Crippen LogP contribution in [-0.4, -0.2) is 9.52 Å². The molecule has 0 saturated carbocycles. The molecule has 0 amide bonds. The summed E-state index contributed by atoms with van der Waals surface area (Å²) >= 11 is 0. The molecule has 8 rings (SSSR count). The monoisotopic (exact) mass is 716 g/mol. The molecule has 0 aliphatic carbocycles. The Bertz CT molecular complexity index is 2030. The Morgan fingerprint density at radius 1 is 0.438 bits per heavy atom. The van der Waals surface area contributed by atoms with Crippen molar-refractivity contribution in [3.8, 4) is 22.3 Å². The molecule has 8 aromatic carbocycles. The summed E-state index contributed by atoms with van der Waals surface area (Å²) < 4.78 is 0. The molecule has 0 spiro atoms. The standard InChI is InChI=1S/2C21H17.C2H6Si.2CH3.Zr/c2*1-2-15-13-17-9-6-12-20(21(17)14-15)19-11-5-8-16-7-3-4-10-18(16)19;1-3-2;;;/h2*3-14H,2H2,1H3;1-2H3;2*1H3;/q2*-1;;2*-1;+4. The first-order valence-electron chi connectivity index (χ1n) is 16.1. The predicted molar refractivity (Wildman–Crippen MR) is 214 cm³/mol. The van der Waals surface area contributed by atoms with Crippen LogP contribution in [-0.2, 0) is 39.0 Å². The number of hydrogen-bond acceptors (Lipinski definition) is 0. The van der Waals surface area contributed by atoms with Crippen molar-refractivity contribution in [3.05, 3.63) is 172 Å². The molecule has 238 valence electrons. The molecule has 0 fully saturated rings. The number of aryl methyl sites for hydroxylation is 2. The first-order valence-corrected chi connectivity index (χ1v) is 18.1. The van der Waals surface area contributed by atoms with Crippen molar-refractivity contribution >= 4 is 52.6 Å². The Morgan fingerprint density at radius 3 is 1.12 bits per heavy atom. The van der Waals surface area contributed by atoms with E-state index >= 15 is 0 Å². The van der Waals surface area contributed by atoms with E-state index in [1.54, 1.807) is 0 Å². The molecule has 0 heterocycles. The van der Waals surface area contributed by atoms with E-state index in [9.17, 15) is 0 Å². The summed E-state index contributed by atoms with van der Waals surface area (Å²) in [5.41, 5.74) is 8.15. The molecule has 0 aliphatic rings. The second-order valence-corrected chi connectivity index (χ2v) is 12.6. The van der Waals surface area contributed by atoms with Crippen LogP contribution in [0.2, 0.25) is 13.1 Å². The normalized spacial score (nSPS) is 10.2. The number of fused-ring (bicyclic) bond motifs is 4. The fraction of sp³-hybridized carbons (Fsp3) is 0.130. The largest absolute Gasteiger partial charge is 4.00 e. The Balaban J connectivity index is 0.000000228. The molecule has 2 heteroatoms. The average molecular weight is 718 g/mol. The third-order valence-corrected chi connectivity index (χ3v) is 8.60. The fourth-order valence-electron chi connectivity index (χ4n) is 6.39. The number of benzene rings is 6. The van der Waals surface area contributed by atoms with Crippen LogP contribution in [0, 0.1) is 14.9 Å². The molecule has 0 saturated heterocycles. The van der Waals surface area contributed by atoms with Gasteiger partial charge in [0.05, 0.1) is 0 Å². The van der Waals surface area contributed by atoms with Gasteiger partial charge < -0.3 is 14.9 Å². The van der Waals surface area contributed by atoms with Crippen molar-refractivity contribution in [1.29, 1.82) is 0 Å². The Hall–Kier alpha value is -3.84. The molecular weight excluding hydrogens is 672 g/mol. The summed E-state index contributed by atoms with van der Waals surface area (Å²) in [4.78, 5) is 0. The number of hydrogen-bond donors (Lipinski definition) is 0. The maximum Gasteiger partial charge on any atom is 4.00 e. The fourth-order valence-corrected chi connectivity index (χ4v) is 6.39. The Labute approximate surface area is 310 Å². The van der Waals surface area contributed by atoms with E-state index < -0.39 is 0 Å². The summed E-state index contributed by atoms with van der Waals surface area (Å²) in [6.07, 6.45) is 2.17. The summed E-state index contributed by atoms with van der Waals surface area (Å²) in [5.74, 6) is 0. The van der Waals surface area contributed by atoms with Crippen LogP contribution in [0.3, 0.4) is 0 Å². The molecule has 0 nitrogen and oxygen atoms in total. The van der Waals surface area contributed by atoms with Crippen LogP contribution in [0.15, 0.2) is 146 Å². The van der Waals surface area contributed by atoms with Gasteiger partial charge in [-0.1, -0.05) is 135 Å². The molecule has 0 atom stereocenters. The van der Waals surface area contributed by atoms with E-state index in [0.29, 0.717) is 0 Å². The molecule has 8 aromatic rings. The van der Waals surface area contributed by atoms with Gasteiger partial charge in [0, 0.05) is 9.52 Å². The summed E-state index contributed by atoms with van der Waals surface area (Å²) in [6.45, 7) is 8.73. The van der Waals surface area contributed by atoms with Crippen LogP contribution in [0.5, 0.6) is 0 Å². The smallest absolute Gasteiger partial charge is 0.358 e. The van der Waals surface area contributed by atoms with Crippen molar-refractivity contribution in [1.82, 2.24) is 0 Å². The molecule has 0 bridgehead atoms. The zero-order valence-electron chi connectivity index (χ0n) is 29.3. The van der Waals surface area contributed by atoms with Gasteiger partial charge in [0.1, 0.15) is 0 Å². The third kappa shape index (κ3) is 8.06. The second-order valence-electron chi connectivity index (χ2n) is 11.6. The van der Waals surface area contributed by atoms with E-state index in [1.165, 1.54) is 76.5 Å². The van der Waals surface area contributed by atoms with Crippen molar-refractivity contribution in [2.24, 2.45) is 0 Å². The van der Waals surface area contributed by atoms with Crippen LogP contribution < -0.4 is 0 Å². The van der Waals surface area contributed by atoms with Crippen molar-refractivity contribution < 1.29 is 26.2 Å². The topological polar surface area (TPSA) is 0 Å². The van der Waals surface area contributed by atoms with Gasteiger partial charge in [0.25, 0.3) is 0 Å². The van der Waals surface area contributed by atoms with Gasteiger partial charge in [-0.05, 0) is 45.5 Å². The minimum Gasteiger partial charge on any atom is -0.358 e. The second kappa shape index (κ2) is 18.1. The molecular formula is C46H46SiZr. The molecule has 0 aliphatic heterocycles. The van der Waals surface area contributed by atoms with Gasteiger partial charge in [0.2, 0.25) is 0 Å². The van der Waals surface area contributed by atoms with Gasteiger partial charge in [-0.15, -0.1) is 69.1 Å². The summed E-state index contributed by atoms with van der Waals surface area (Å²) in [5, 5.41) is 10.7. The van der Waals surface area contributed by atoms with Gasteiger partial charge in [-0.3, -0.25) is 0 Å². The maximum atomic E-state index is 2.34. The molecule has 0 N–H and O–H groups in total. The molecule has 0 unspecified atom stereocenters. The van der Waals surface area contributed by atoms with E-state index in [1.807, 2.05) is 0 Å². The average Bonchev–Trinajstić information content (AvgIpc) is 3.73. The summed E-state index contributed by atoms with van der Waals surface area (Å²) in [7, 11) is 1.08. The van der Waals surface area contributed by atoms with Crippen molar-refractivity contribution in [2.75, 3.05) is 0 Å². The van der Waals surface area contributed by atoms with Crippen LogP contribution in [0.25, 0.3) is 65.3 Å². The first kappa shape index (κ1) is 38.6. The molecule has 48 heavy (non-hydrogen) atoms. The van der Waals surface area contributed by atoms with Gasteiger partial charge in [-0.2, -0.15) is 12.1 Å². The SMILES string of the molecule is CCc1cc2c(-c3cccc4ccccc34)cccc2[cH-]1.CCc1cc2c(-c3cccc4ccccc34)cccc2[cH-]1.C[Si]C.[CH3-].[CH3-].[Zr+4]. The summed E-state index contributed by atoms with van der Waals surface area (Å²) in [6, 6.07) is 52.9. The Kier molecular flexibility index (Phi) is 14.5. The van der Waals surface area contributed by atoms with Crippen LogP contribution >= 0.6 is 0 Å². The Morgan fingerprint density at radius 2 is 0.750 bits per heavy atom. The van der Waals surface area contributed by atoms with Gasteiger partial charge in [-0.25, -0.2) is 0 Å². The zero-order valence-corrected chi connectivity index (χ0v) is 32.7. The predicted octanol–water partition coefficient (Wildman–Crippen LogP) is 13.6. The molecule has 0 aromatic heterocycles. The first-order chi connectivity index (χ1) is 22.1. The quantitative estimate of drug-likeness (QED) is 0.126.